The van der Waals surface area contributed by atoms with Crippen LogP contribution in [0.25, 0.3) is 11.3 Å². The molecular weight excluding hydrogens is 404 g/mol. The van der Waals surface area contributed by atoms with E-state index < -0.39 is 0 Å². The number of phenolic OH excluding ortho intramolecular Hbond substituents is 1. The maximum Gasteiger partial charge on any atom is 0.203 e. The average molecular weight is 431 g/mol. The summed E-state index contributed by atoms with van der Waals surface area (Å²) in [6.45, 7) is 4.00. The molecule has 154 valence electrons. The first kappa shape index (κ1) is 22.7. The van der Waals surface area contributed by atoms with Crippen LogP contribution in [-0.4, -0.2) is 41.8 Å². The third-order valence-electron chi connectivity index (χ3n) is 3.52. The van der Waals surface area contributed by atoms with Crippen LogP contribution in [0, 0.1) is 0 Å². The Morgan fingerprint density at radius 3 is 2.55 bits per heavy atom. The smallest absolute Gasteiger partial charge is 0.203 e. The van der Waals surface area contributed by atoms with Gasteiger partial charge in [0.15, 0.2) is 11.5 Å². The Morgan fingerprint density at radius 2 is 1.90 bits per heavy atom. The Bertz CT molecular complexity index is 925. The lowest BCUT2D eigenvalue weighted by Gasteiger charge is -2.08. The molecule has 3 aromatic rings. The number of hydrogen-bond acceptors (Lipinski definition) is 8. The Kier molecular flexibility index (Phi) is 8.98. The highest BCUT2D eigenvalue weighted by Gasteiger charge is 2.05. The van der Waals surface area contributed by atoms with Gasteiger partial charge in [0.05, 0.1) is 19.0 Å². The number of ether oxygens (including phenoxy) is 1. The zero-order chi connectivity index (χ0) is 21.2. The van der Waals surface area contributed by atoms with Crippen LogP contribution >= 0.6 is 23.3 Å². The van der Waals surface area contributed by atoms with Gasteiger partial charge in [-0.25, -0.2) is 4.98 Å². The highest BCUT2D eigenvalue weighted by atomic mass is 32.2. The molecule has 0 aliphatic carbocycles. The minimum Gasteiger partial charge on any atom is -0.504 e. The molecule has 0 atom stereocenters. The number of nitrogens with one attached hydrogen (secondary N) is 1. The number of aromatic hydroxyl groups is 1. The van der Waals surface area contributed by atoms with Crippen LogP contribution in [0.15, 0.2) is 57.8 Å². The molecule has 3 rings (SSSR count). The van der Waals surface area contributed by atoms with Crippen LogP contribution in [0.1, 0.15) is 19.4 Å². The maximum atomic E-state index is 9.61. The summed E-state index contributed by atoms with van der Waals surface area (Å²) in [5.74, 6) is 0.508. The third-order valence-corrected chi connectivity index (χ3v) is 5.11. The molecule has 0 spiro atoms. The minimum atomic E-state index is 0.0992. The van der Waals surface area contributed by atoms with Crippen molar-refractivity contribution in [2.45, 2.75) is 18.7 Å². The van der Waals surface area contributed by atoms with Gasteiger partial charge in [0, 0.05) is 15.8 Å². The van der Waals surface area contributed by atoms with Crippen molar-refractivity contribution in [2.75, 3.05) is 26.6 Å². The first-order valence-electron chi connectivity index (χ1n) is 9.12. The lowest BCUT2D eigenvalue weighted by atomic mass is 10.2. The van der Waals surface area contributed by atoms with Gasteiger partial charge in [-0.2, -0.15) is 5.10 Å². The number of aromatic nitrogens is 1. The van der Waals surface area contributed by atoms with Crippen molar-refractivity contribution in [3.8, 4) is 22.8 Å². The molecule has 8 heteroatoms. The van der Waals surface area contributed by atoms with E-state index in [1.807, 2.05) is 33.3 Å². The van der Waals surface area contributed by atoms with E-state index in [-0.39, 0.29) is 5.75 Å². The number of nitrogens with zero attached hydrogens (tertiary/aromatic N) is 3. The predicted molar refractivity (Wildman–Crippen MR) is 124 cm³/mol. The highest BCUT2D eigenvalue weighted by Crippen LogP contribution is 2.28. The largest absolute Gasteiger partial charge is 0.504 e. The normalized spacial score (nSPS) is 10.7. The van der Waals surface area contributed by atoms with E-state index in [0.29, 0.717) is 10.9 Å². The summed E-state index contributed by atoms with van der Waals surface area (Å²) in [7, 11) is 5.55. The molecule has 6 nitrogen and oxygen atoms in total. The highest BCUT2D eigenvalue weighted by molar-refractivity contribution is 7.97. The number of anilines is 1. The van der Waals surface area contributed by atoms with Gasteiger partial charge in [0.1, 0.15) is 0 Å². The van der Waals surface area contributed by atoms with E-state index in [0.717, 1.165) is 16.8 Å². The number of benzene rings is 2. The fourth-order valence-electron chi connectivity index (χ4n) is 2.29. The van der Waals surface area contributed by atoms with Crippen LogP contribution in [0.4, 0.5) is 5.13 Å². The summed E-state index contributed by atoms with van der Waals surface area (Å²) < 4.78 is 7.14. The average Bonchev–Trinajstić information content (AvgIpc) is 3.20. The van der Waals surface area contributed by atoms with E-state index in [4.69, 9.17) is 4.74 Å². The molecule has 0 unspecified atom stereocenters. The van der Waals surface area contributed by atoms with Gasteiger partial charge in [-0.15, -0.1) is 11.3 Å². The number of hydrogen-bond donors (Lipinski definition) is 2. The first-order valence-corrected chi connectivity index (χ1v) is 10.8. The van der Waals surface area contributed by atoms with E-state index in [1.54, 1.807) is 36.4 Å². The second-order valence-corrected chi connectivity index (χ2v) is 8.01. The summed E-state index contributed by atoms with van der Waals surface area (Å²) >= 11 is 3.17. The molecule has 0 saturated heterocycles. The lowest BCUT2D eigenvalue weighted by Crippen LogP contribution is -1.98. The van der Waals surface area contributed by atoms with Gasteiger partial charge in [-0.3, -0.25) is 9.73 Å². The van der Waals surface area contributed by atoms with Crippen LogP contribution in [-0.2, 0) is 0 Å². The fraction of sp³-hybridized carbons (Fsp3) is 0.238. The van der Waals surface area contributed by atoms with Crippen molar-refractivity contribution in [1.82, 2.24) is 9.29 Å². The zero-order valence-corrected chi connectivity index (χ0v) is 18.8. The number of rotatable bonds is 7. The second kappa shape index (κ2) is 11.5. The molecule has 0 bridgehead atoms. The van der Waals surface area contributed by atoms with Crippen LogP contribution in [0.3, 0.4) is 0 Å². The Hall–Kier alpha value is -2.55. The van der Waals surface area contributed by atoms with E-state index in [2.05, 4.69) is 44.1 Å². The standard InChI is InChI=1S/C19H20N4O2S2.C2H6/c1-23(2)27-15-7-5-14(6-8-15)16-12-26-19(21-16)22-20-11-13-4-9-17(24)18(10-13)25-3;1-2/h4-12,24H,1-3H3,(H,21,22);1-2H3/b20-11+;. The molecule has 0 radical (unpaired) electrons. The van der Waals surface area contributed by atoms with Crippen LogP contribution < -0.4 is 10.2 Å². The van der Waals surface area contributed by atoms with Gasteiger partial charge >= 0.3 is 0 Å². The molecule has 1 aromatic heterocycles. The molecule has 0 aliphatic heterocycles. The summed E-state index contributed by atoms with van der Waals surface area (Å²) in [5, 5.41) is 16.5. The van der Waals surface area contributed by atoms with Gasteiger partial charge in [0.25, 0.3) is 0 Å². The van der Waals surface area contributed by atoms with Gasteiger partial charge < -0.3 is 9.84 Å². The third kappa shape index (κ3) is 6.77. The van der Waals surface area contributed by atoms with Crippen molar-refractivity contribution in [3.63, 3.8) is 0 Å². The van der Waals surface area contributed by atoms with E-state index >= 15 is 0 Å². The van der Waals surface area contributed by atoms with Crippen LogP contribution in [0.5, 0.6) is 11.5 Å². The topological polar surface area (TPSA) is 70.0 Å². The van der Waals surface area contributed by atoms with Crippen molar-refractivity contribution in [1.29, 1.82) is 0 Å². The van der Waals surface area contributed by atoms with E-state index in [9.17, 15) is 5.11 Å². The van der Waals surface area contributed by atoms with Gasteiger partial charge in [0.2, 0.25) is 5.13 Å². The number of methoxy groups -OCH3 is 1. The first-order chi connectivity index (χ1) is 14.0. The molecule has 1 heterocycles. The van der Waals surface area contributed by atoms with E-state index in [1.165, 1.54) is 23.3 Å². The monoisotopic (exact) mass is 430 g/mol. The molecule has 0 aliphatic rings. The van der Waals surface area contributed by atoms with Crippen LogP contribution in [0.2, 0.25) is 0 Å². The number of phenols is 1. The second-order valence-electron chi connectivity index (χ2n) is 5.77. The number of hydrazone groups is 1. The molecule has 0 saturated carbocycles. The van der Waals surface area contributed by atoms with Gasteiger partial charge in [-0.05, 0) is 61.9 Å². The van der Waals surface area contributed by atoms with Crippen molar-refractivity contribution in [3.05, 3.63) is 53.4 Å². The predicted octanol–water partition coefficient (Wildman–Crippen LogP) is 5.57. The Labute approximate surface area is 180 Å². The quantitative estimate of drug-likeness (QED) is 0.290. The Morgan fingerprint density at radius 1 is 1.17 bits per heavy atom. The minimum absolute atomic E-state index is 0.0992. The fourth-order valence-corrected chi connectivity index (χ4v) is 3.64. The summed E-state index contributed by atoms with van der Waals surface area (Å²) in [6, 6.07) is 13.3. The SMILES string of the molecule is CC.COc1cc(/C=N/Nc2nc(-c3ccc(SN(C)C)cc3)cs2)ccc1O. The summed E-state index contributed by atoms with van der Waals surface area (Å²) in [4.78, 5) is 5.75. The van der Waals surface area contributed by atoms with Crippen molar-refractivity contribution >= 4 is 34.6 Å². The van der Waals surface area contributed by atoms with Crippen molar-refractivity contribution < 1.29 is 9.84 Å². The van der Waals surface area contributed by atoms with Gasteiger partial charge in [-0.1, -0.05) is 26.0 Å². The van der Waals surface area contributed by atoms with Crippen molar-refractivity contribution in [2.24, 2.45) is 5.10 Å². The number of thiazole rings is 1. The Balaban J connectivity index is 0.00000145. The summed E-state index contributed by atoms with van der Waals surface area (Å²) in [6.07, 6.45) is 1.65. The lowest BCUT2D eigenvalue weighted by molar-refractivity contribution is 0.373. The molecule has 2 N–H and O–H groups in total. The maximum absolute atomic E-state index is 9.61. The molecular formula is C21H26N4O2S2. The molecule has 0 amide bonds. The molecule has 2 aromatic carbocycles. The molecule has 0 fully saturated rings. The summed E-state index contributed by atoms with van der Waals surface area (Å²) in [5.41, 5.74) is 5.72. The molecule has 29 heavy (non-hydrogen) atoms. The zero-order valence-electron chi connectivity index (χ0n) is 17.2.